The Bertz CT molecular complexity index is 1360. The van der Waals surface area contributed by atoms with Crippen LogP contribution in [-0.4, -0.2) is 49.5 Å². The van der Waals surface area contributed by atoms with Gasteiger partial charge >= 0.3 is 0 Å². The van der Waals surface area contributed by atoms with Gasteiger partial charge in [0, 0.05) is 37.1 Å². The monoisotopic (exact) mass is 466 g/mol. The van der Waals surface area contributed by atoms with Crippen LogP contribution < -0.4 is 10.2 Å². The number of aliphatic hydroxyl groups excluding tert-OH is 1. The summed E-state index contributed by atoms with van der Waals surface area (Å²) in [6.45, 7) is 3.68. The highest BCUT2D eigenvalue weighted by Gasteiger charge is 2.21. The van der Waals surface area contributed by atoms with Gasteiger partial charge in [-0.25, -0.2) is 19.6 Å². The van der Waals surface area contributed by atoms with E-state index in [1.807, 2.05) is 55.5 Å². The van der Waals surface area contributed by atoms with Crippen molar-refractivity contribution in [1.82, 2.24) is 24.7 Å². The minimum atomic E-state index is 0.177. The molecule has 9 nitrogen and oxygen atoms in total. The van der Waals surface area contributed by atoms with E-state index in [1.54, 1.807) is 17.2 Å². The Balaban J connectivity index is 1.34. The first-order chi connectivity index (χ1) is 17.1. The van der Waals surface area contributed by atoms with E-state index < -0.39 is 0 Å². The van der Waals surface area contributed by atoms with Crippen LogP contribution >= 0.6 is 0 Å². The summed E-state index contributed by atoms with van der Waals surface area (Å²) in [5.74, 6) is 1.44. The lowest BCUT2D eigenvalue weighted by atomic mass is 9.97. The topological polar surface area (TPSA) is 116 Å². The number of hydrogen-bond acceptors (Lipinski definition) is 8. The Kier molecular flexibility index (Phi) is 6.37. The van der Waals surface area contributed by atoms with Crippen molar-refractivity contribution in [1.29, 1.82) is 5.26 Å². The van der Waals surface area contributed by atoms with E-state index in [4.69, 9.17) is 0 Å². The molecule has 0 spiro atoms. The summed E-state index contributed by atoms with van der Waals surface area (Å²) in [5.41, 5.74) is 4.85. The zero-order valence-corrected chi connectivity index (χ0v) is 19.5. The average Bonchev–Trinajstić information content (AvgIpc) is 3.35. The summed E-state index contributed by atoms with van der Waals surface area (Å²) in [6, 6.07) is 17.8. The van der Waals surface area contributed by atoms with E-state index in [9.17, 15) is 10.4 Å². The summed E-state index contributed by atoms with van der Waals surface area (Å²) < 4.78 is 1.72. The molecule has 1 unspecified atom stereocenters. The molecule has 5 rings (SSSR count). The van der Waals surface area contributed by atoms with E-state index in [2.05, 4.69) is 36.3 Å². The minimum absolute atomic E-state index is 0.177. The van der Waals surface area contributed by atoms with Crippen LogP contribution in [0.4, 0.5) is 17.3 Å². The van der Waals surface area contributed by atoms with Crippen molar-refractivity contribution in [3.63, 3.8) is 0 Å². The van der Waals surface area contributed by atoms with Gasteiger partial charge in [-0.15, -0.1) is 0 Å². The van der Waals surface area contributed by atoms with Crippen LogP contribution in [-0.2, 0) is 0 Å². The number of rotatable bonds is 6. The lowest BCUT2D eigenvalue weighted by molar-refractivity contribution is 0.208. The number of nitriles is 1. The van der Waals surface area contributed by atoms with Gasteiger partial charge in [0.1, 0.15) is 18.2 Å². The quantitative estimate of drug-likeness (QED) is 0.440. The maximum absolute atomic E-state index is 9.82. The Labute approximate surface area is 203 Å². The molecule has 1 aliphatic heterocycles. The van der Waals surface area contributed by atoms with Gasteiger partial charge in [-0.3, -0.25) is 0 Å². The highest BCUT2D eigenvalue weighted by atomic mass is 16.3. The molecule has 4 aromatic rings. The first-order valence-corrected chi connectivity index (χ1v) is 11.6. The Hall–Kier alpha value is -4.29. The number of piperidine rings is 1. The van der Waals surface area contributed by atoms with Crippen molar-refractivity contribution in [3.05, 3.63) is 72.4 Å². The Morgan fingerprint density at radius 3 is 2.74 bits per heavy atom. The summed E-state index contributed by atoms with van der Waals surface area (Å²) >= 11 is 0. The molecule has 0 amide bonds. The Morgan fingerprint density at radius 2 is 2.00 bits per heavy atom. The maximum atomic E-state index is 9.82. The number of hydrogen-bond donors (Lipinski definition) is 2. The van der Waals surface area contributed by atoms with Gasteiger partial charge in [-0.05, 0) is 68.1 Å². The van der Waals surface area contributed by atoms with Crippen LogP contribution in [0.15, 0.2) is 61.1 Å². The average molecular weight is 467 g/mol. The van der Waals surface area contributed by atoms with Crippen LogP contribution in [0.2, 0.25) is 0 Å². The summed E-state index contributed by atoms with van der Waals surface area (Å²) in [7, 11) is 0. The molecular formula is C26H26N8O. The number of anilines is 3. The van der Waals surface area contributed by atoms with Gasteiger partial charge in [0.2, 0.25) is 5.95 Å². The fourth-order valence-corrected chi connectivity index (χ4v) is 4.37. The summed E-state index contributed by atoms with van der Waals surface area (Å²) in [4.78, 5) is 15.4. The molecular weight excluding hydrogens is 440 g/mol. The lowest BCUT2D eigenvalue weighted by Gasteiger charge is -2.34. The third-order valence-electron chi connectivity index (χ3n) is 6.18. The number of nitrogens with zero attached hydrogens (tertiary/aromatic N) is 7. The highest BCUT2D eigenvalue weighted by molar-refractivity contribution is 5.70. The molecule has 0 aliphatic carbocycles. The van der Waals surface area contributed by atoms with Gasteiger partial charge in [-0.1, -0.05) is 6.07 Å². The highest BCUT2D eigenvalue weighted by Crippen LogP contribution is 2.30. The molecule has 1 aliphatic rings. The smallest absolute Gasteiger partial charge is 0.227 e. The first-order valence-electron chi connectivity index (χ1n) is 11.6. The van der Waals surface area contributed by atoms with Crippen molar-refractivity contribution in [3.8, 4) is 23.0 Å². The molecule has 2 N–H and O–H groups in total. The standard InChI is InChI=1S/C26H26N8O/c1-18-29-17-34(32-18)23-7-5-22(6-8-23)30-26-28-11-10-24(31-26)20-4-9-25(21(13-20)14-27)33-12-2-3-19(15-33)16-35/h4-11,13,17,19,35H,2-3,12,15-16H2,1H3,(H,28,30,31). The number of aromatic nitrogens is 5. The minimum Gasteiger partial charge on any atom is -0.396 e. The molecule has 9 heteroatoms. The van der Waals surface area contributed by atoms with Gasteiger partial charge in [0.05, 0.1) is 22.6 Å². The third-order valence-corrected chi connectivity index (χ3v) is 6.18. The second kappa shape index (κ2) is 9.91. The molecule has 0 bridgehead atoms. The molecule has 2 aromatic heterocycles. The van der Waals surface area contributed by atoms with Crippen LogP contribution in [0.3, 0.4) is 0 Å². The first kappa shape index (κ1) is 22.5. The molecule has 0 saturated carbocycles. The molecule has 2 aromatic carbocycles. The van der Waals surface area contributed by atoms with Gasteiger partial charge in [0.25, 0.3) is 0 Å². The molecule has 1 fully saturated rings. The van der Waals surface area contributed by atoms with E-state index in [-0.39, 0.29) is 12.5 Å². The van der Waals surface area contributed by atoms with Crippen molar-refractivity contribution in [2.24, 2.45) is 5.92 Å². The lowest BCUT2D eigenvalue weighted by Crippen LogP contribution is -2.37. The molecule has 1 atom stereocenters. The van der Waals surface area contributed by atoms with Crippen LogP contribution in [0.25, 0.3) is 16.9 Å². The number of nitrogens with one attached hydrogen (secondary N) is 1. The van der Waals surface area contributed by atoms with Crippen molar-refractivity contribution >= 4 is 17.3 Å². The van der Waals surface area contributed by atoms with Crippen molar-refractivity contribution < 1.29 is 5.11 Å². The SMILES string of the molecule is Cc1ncn(-c2ccc(Nc3nccc(-c4ccc(N5CCCC(CO)C5)c(C#N)c4)n3)cc2)n1. The van der Waals surface area contributed by atoms with Gasteiger partial charge < -0.3 is 15.3 Å². The zero-order valence-electron chi connectivity index (χ0n) is 19.5. The summed E-state index contributed by atoms with van der Waals surface area (Å²) in [5, 5.41) is 26.9. The zero-order chi connectivity index (χ0) is 24.2. The molecule has 1 saturated heterocycles. The van der Waals surface area contributed by atoms with Crippen LogP contribution in [0, 0.1) is 24.2 Å². The largest absolute Gasteiger partial charge is 0.396 e. The predicted octanol–water partition coefficient (Wildman–Crippen LogP) is 3.86. The van der Waals surface area contributed by atoms with Crippen LogP contribution in [0.5, 0.6) is 0 Å². The van der Waals surface area contributed by atoms with Gasteiger partial charge in [0.15, 0.2) is 0 Å². The van der Waals surface area contributed by atoms with Gasteiger partial charge in [-0.2, -0.15) is 10.4 Å². The van der Waals surface area contributed by atoms with E-state index in [0.717, 1.165) is 60.1 Å². The second-order valence-electron chi connectivity index (χ2n) is 8.65. The number of aliphatic hydroxyl groups is 1. The van der Waals surface area contributed by atoms with E-state index >= 15 is 0 Å². The third kappa shape index (κ3) is 4.98. The van der Waals surface area contributed by atoms with Crippen molar-refractivity contribution in [2.45, 2.75) is 19.8 Å². The molecule has 176 valence electrons. The normalized spacial score (nSPS) is 15.6. The second-order valence-corrected chi connectivity index (χ2v) is 8.65. The maximum Gasteiger partial charge on any atom is 0.227 e. The van der Waals surface area contributed by atoms with Crippen LogP contribution in [0.1, 0.15) is 24.2 Å². The fraction of sp³-hybridized carbons (Fsp3) is 0.269. The predicted molar refractivity (Wildman–Crippen MR) is 134 cm³/mol. The summed E-state index contributed by atoms with van der Waals surface area (Å²) in [6.07, 6.45) is 5.42. The van der Waals surface area contributed by atoms with Crippen molar-refractivity contribution in [2.75, 3.05) is 29.9 Å². The molecule has 0 radical (unpaired) electrons. The Morgan fingerprint density at radius 1 is 1.14 bits per heavy atom. The fourth-order valence-electron chi connectivity index (χ4n) is 4.37. The van der Waals surface area contributed by atoms with E-state index in [0.29, 0.717) is 11.5 Å². The number of aryl methyl sites for hydroxylation is 1. The molecule has 3 heterocycles. The van der Waals surface area contributed by atoms with E-state index in [1.165, 1.54) is 0 Å². The molecule has 35 heavy (non-hydrogen) atoms. The number of benzene rings is 2.